The second-order valence-electron chi connectivity index (χ2n) is 5.28. The number of nitrogens with one attached hydrogen (secondary N) is 1. The van der Waals surface area contributed by atoms with Crippen molar-refractivity contribution in [2.75, 3.05) is 26.2 Å². The summed E-state index contributed by atoms with van der Waals surface area (Å²) in [5.74, 6) is 0. The van der Waals surface area contributed by atoms with E-state index in [0.29, 0.717) is 13.1 Å². The summed E-state index contributed by atoms with van der Waals surface area (Å²) in [4.78, 5) is 21.0. The highest BCUT2D eigenvalue weighted by molar-refractivity contribution is 7.80. The molecule has 100 valence electrons. The molecule has 0 spiro atoms. The van der Waals surface area contributed by atoms with Gasteiger partial charge in [0.05, 0.1) is 11.0 Å². The van der Waals surface area contributed by atoms with Crippen LogP contribution in [0.3, 0.4) is 0 Å². The number of carbonyl (C=O) groups is 1. The number of thiol groups is 1. The number of rotatable bonds is 2. The zero-order valence-corrected chi connectivity index (χ0v) is 12.0. The summed E-state index contributed by atoms with van der Waals surface area (Å²) in [7, 11) is 0. The fraction of sp³-hybridized carbons (Fsp3) is 0.909. The zero-order valence-electron chi connectivity index (χ0n) is 11.1. The van der Waals surface area contributed by atoms with Crippen LogP contribution in [0.5, 0.6) is 0 Å². The molecule has 1 atom stereocenters. The van der Waals surface area contributed by atoms with E-state index in [1.165, 1.54) is 0 Å². The van der Waals surface area contributed by atoms with Crippen LogP contribution in [0.2, 0.25) is 0 Å². The third-order valence-electron chi connectivity index (χ3n) is 2.57. The molecule has 0 saturated carbocycles. The highest BCUT2D eigenvalue weighted by atomic mass is 32.1. The molecule has 0 aliphatic carbocycles. The topological polar surface area (TPSA) is 44.8 Å². The van der Waals surface area contributed by atoms with Gasteiger partial charge in [-0.05, 0) is 27.7 Å². The summed E-state index contributed by atoms with van der Waals surface area (Å²) in [6.45, 7) is 10.9. The summed E-state index contributed by atoms with van der Waals surface area (Å²) < 4.78 is 0. The highest BCUT2D eigenvalue weighted by Gasteiger charge is 2.23. The first-order chi connectivity index (χ1) is 7.79. The summed E-state index contributed by atoms with van der Waals surface area (Å²) in [5.41, 5.74) is 2.12. The summed E-state index contributed by atoms with van der Waals surface area (Å²) in [5, 5.41) is 0.242. The van der Waals surface area contributed by atoms with E-state index >= 15 is 0 Å². The van der Waals surface area contributed by atoms with Crippen LogP contribution >= 0.6 is 12.6 Å². The second-order valence-corrected chi connectivity index (χ2v) is 6.02. The first-order valence-corrected chi connectivity index (χ1v) is 6.46. The maximum Gasteiger partial charge on any atom is 0.341 e. The lowest BCUT2D eigenvalue weighted by Gasteiger charge is -2.36. The van der Waals surface area contributed by atoms with E-state index in [9.17, 15) is 4.79 Å². The van der Waals surface area contributed by atoms with Crippen molar-refractivity contribution in [1.29, 1.82) is 0 Å². The molecule has 0 bridgehead atoms. The minimum absolute atomic E-state index is 0.161. The van der Waals surface area contributed by atoms with Crippen molar-refractivity contribution in [1.82, 2.24) is 15.3 Å². The van der Waals surface area contributed by atoms with Crippen LogP contribution in [-0.2, 0) is 4.84 Å². The Hall–Kier alpha value is -0.460. The van der Waals surface area contributed by atoms with Gasteiger partial charge < -0.3 is 4.90 Å². The van der Waals surface area contributed by atoms with Gasteiger partial charge in [0.25, 0.3) is 0 Å². The zero-order chi connectivity index (χ0) is 13.1. The molecular weight excluding hydrogens is 238 g/mol. The van der Waals surface area contributed by atoms with E-state index < -0.39 is 0 Å². The van der Waals surface area contributed by atoms with Gasteiger partial charge >= 0.3 is 6.03 Å². The maximum atomic E-state index is 11.8. The van der Waals surface area contributed by atoms with Gasteiger partial charge in [0, 0.05) is 26.2 Å². The molecule has 0 aromatic carbocycles. The van der Waals surface area contributed by atoms with Gasteiger partial charge in [-0.3, -0.25) is 9.74 Å². The van der Waals surface area contributed by atoms with Gasteiger partial charge in [0.2, 0.25) is 0 Å². The minimum atomic E-state index is -0.364. The summed E-state index contributed by atoms with van der Waals surface area (Å²) >= 11 is 4.38. The van der Waals surface area contributed by atoms with Crippen molar-refractivity contribution < 1.29 is 9.63 Å². The van der Waals surface area contributed by atoms with Crippen molar-refractivity contribution in [3.05, 3.63) is 0 Å². The molecule has 0 aromatic heterocycles. The number of hydroxylamine groups is 1. The van der Waals surface area contributed by atoms with E-state index in [-0.39, 0.29) is 17.0 Å². The van der Waals surface area contributed by atoms with Crippen LogP contribution < -0.4 is 5.48 Å². The Morgan fingerprint density at radius 3 is 2.24 bits per heavy atom. The van der Waals surface area contributed by atoms with Crippen LogP contribution in [0.15, 0.2) is 0 Å². The largest absolute Gasteiger partial charge is 0.341 e. The van der Waals surface area contributed by atoms with Crippen molar-refractivity contribution in [3.8, 4) is 0 Å². The minimum Gasteiger partial charge on any atom is -0.320 e. The van der Waals surface area contributed by atoms with E-state index in [2.05, 4.69) is 23.0 Å². The van der Waals surface area contributed by atoms with E-state index in [1.54, 1.807) is 4.90 Å². The van der Waals surface area contributed by atoms with Gasteiger partial charge in [-0.2, -0.15) is 12.6 Å². The fourth-order valence-corrected chi connectivity index (χ4v) is 1.79. The van der Waals surface area contributed by atoms with Crippen molar-refractivity contribution in [3.63, 3.8) is 0 Å². The van der Waals surface area contributed by atoms with Crippen LogP contribution in [0.25, 0.3) is 0 Å². The van der Waals surface area contributed by atoms with Gasteiger partial charge in [0.1, 0.15) is 0 Å². The quantitative estimate of drug-likeness (QED) is 0.582. The number of hydrogen-bond donors (Lipinski definition) is 2. The Kier molecular flexibility index (Phi) is 5.09. The number of amides is 2. The van der Waals surface area contributed by atoms with Gasteiger partial charge in [-0.15, -0.1) is 0 Å². The van der Waals surface area contributed by atoms with Gasteiger partial charge in [0.15, 0.2) is 0 Å². The molecule has 2 amide bonds. The number of carbonyl (C=O) groups excluding carboxylic acids is 1. The normalized spacial score (nSPS) is 20.2. The van der Waals surface area contributed by atoms with Gasteiger partial charge in [-0.1, -0.05) is 0 Å². The van der Waals surface area contributed by atoms with Crippen LogP contribution in [0, 0.1) is 0 Å². The average Bonchev–Trinajstić information content (AvgIpc) is 2.25. The number of urea groups is 1. The van der Waals surface area contributed by atoms with E-state index in [0.717, 1.165) is 13.1 Å². The van der Waals surface area contributed by atoms with Crippen molar-refractivity contribution in [2.45, 2.75) is 38.7 Å². The molecule has 1 aliphatic heterocycles. The molecule has 1 fully saturated rings. The average molecular weight is 261 g/mol. The molecule has 1 saturated heterocycles. The van der Waals surface area contributed by atoms with Crippen LogP contribution in [0.4, 0.5) is 4.79 Å². The molecule has 6 heteroatoms. The molecule has 0 radical (unpaired) electrons. The summed E-state index contributed by atoms with van der Waals surface area (Å²) in [6, 6.07) is -0.161. The molecule has 1 heterocycles. The molecular formula is C11H23N3O2S. The lowest BCUT2D eigenvalue weighted by Crippen LogP contribution is -2.53. The first-order valence-electron chi connectivity index (χ1n) is 5.94. The third-order valence-corrected chi connectivity index (χ3v) is 2.90. The predicted octanol–water partition coefficient (Wildman–Crippen LogP) is 1.32. The Balaban J connectivity index is 2.31. The Morgan fingerprint density at radius 2 is 1.82 bits per heavy atom. The number of piperazine rings is 1. The van der Waals surface area contributed by atoms with E-state index in [1.807, 2.05) is 27.7 Å². The summed E-state index contributed by atoms with van der Waals surface area (Å²) in [6.07, 6.45) is 0. The Bertz CT molecular complexity index is 258. The number of nitrogens with zero attached hydrogens (tertiary/aromatic N) is 2. The maximum absolute atomic E-state index is 11.8. The molecule has 5 nitrogen and oxygen atoms in total. The monoisotopic (exact) mass is 261 g/mol. The lowest BCUT2D eigenvalue weighted by atomic mass is 10.2. The lowest BCUT2D eigenvalue weighted by molar-refractivity contribution is -0.0598. The van der Waals surface area contributed by atoms with Crippen molar-refractivity contribution in [2.24, 2.45) is 0 Å². The second kappa shape index (κ2) is 5.93. The fourth-order valence-electron chi connectivity index (χ4n) is 1.56. The predicted molar refractivity (Wildman–Crippen MR) is 71.0 cm³/mol. The van der Waals surface area contributed by atoms with Crippen LogP contribution in [0.1, 0.15) is 27.7 Å². The smallest absolute Gasteiger partial charge is 0.320 e. The first kappa shape index (κ1) is 14.6. The molecule has 17 heavy (non-hydrogen) atoms. The van der Waals surface area contributed by atoms with Crippen LogP contribution in [-0.4, -0.2) is 53.0 Å². The Morgan fingerprint density at radius 1 is 1.29 bits per heavy atom. The van der Waals surface area contributed by atoms with Gasteiger partial charge in [-0.25, -0.2) is 10.3 Å². The SMILES string of the molecule is CC(S)N1CCN(C(=O)NOC(C)(C)C)CC1. The molecule has 1 aliphatic rings. The molecule has 1 rings (SSSR count). The van der Waals surface area contributed by atoms with E-state index in [4.69, 9.17) is 4.84 Å². The highest BCUT2D eigenvalue weighted by Crippen LogP contribution is 2.09. The molecule has 1 unspecified atom stereocenters. The standard InChI is InChI=1S/C11H23N3O2S/c1-9(17)13-5-7-14(8-6-13)10(15)12-16-11(2,3)4/h9,17H,5-8H2,1-4H3,(H,12,15). The Labute approximate surface area is 109 Å². The molecule has 0 aromatic rings. The third kappa shape index (κ3) is 5.14. The van der Waals surface area contributed by atoms with Crippen molar-refractivity contribution >= 4 is 18.7 Å². The molecule has 1 N–H and O–H groups in total. The number of hydrogen-bond acceptors (Lipinski definition) is 4.